The van der Waals surface area contributed by atoms with Gasteiger partial charge in [-0.1, -0.05) is 24.3 Å². The minimum Gasteiger partial charge on any atom is -0.316 e. The summed E-state index contributed by atoms with van der Waals surface area (Å²) < 4.78 is 0. The third kappa shape index (κ3) is 3.17. The molecule has 2 nitrogen and oxygen atoms in total. The number of nitrogens with one attached hydrogen (secondary N) is 1. The minimum absolute atomic E-state index is 0.574. The van der Waals surface area contributed by atoms with Crippen molar-refractivity contribution in [3.05, 3.63) is 35.4 Å². The average molecular weight is 284 g/mol. The van der Waals surface area contributed by atoms with Gasteiger partial charge in [-0.25, -0.2) is 0 Å². The van der Waals surface area contributed by atoms with Crippen LogP contribution in [0.25, 0.3) is 0 Å². The van der Waals surface area contributed by atoms with E-state index < -0.39 is 0 Å². The first kappa shape index (κ1) is 13.8. The zero-order valence-electron chi connectivity index (χ0n) is 13.1. The molecular formula is C19H28N2. The van der Waals surface area contributed by atoms with Crippen molar-refractivity contribution in [2.75, 3.05) is 26.2 Å². The van der Waals surface area contributed by atoms with E-state index in [-0.39, 0.29) is 0 Å². The van der Waals surface area contributed by atoms with Crippen LogP contribution >= 0.6 is 0 Å². The second-order valence-corrected chi connectivity index (χ2v) is 7.61. The van der Waals surface area contributed by atoms with Crippen molar-refractivity contribution in [3.63, 3.8) is 0 Å². The lowest BCUT2D eigenvalue weighted by Gasteiger charge is -2.45. The van der Waals surface area contributed by atoms with Gasteiger partial charge in [0, 0.05) is 19.6 Å². The van der Waals surface area contributed by atoms with Gasteiger partial charge in [0.15, 0.2) is 0 Å². The SMILES string of the molecule is c1cc(C2CC2)ccc1CN1CCCC2(CCCNC2)C1. The molecule has 3 aliphatic rings. The molecule has 1 aromatic carbocycles. The molecule has 1 aliphatic carbocycles. The molecule has 4 rings (SSSR count). The maximum absolute atomic E-state index is 3.63. The second kappa shape index (κ2) is 5.73. The van der Waals surface area contributed by atoms with E-state index in [2.05, 4.69) is 34.5 Å². The minimum atomic E-state index is 0.574. The Labute approximate surface area is 128 Å². The molecule has 1 unspecified atom stereocenters. The zero-order valence-corrected chi connectivity index (χ0v) is 13.1. The van der Waals surface area contributed by atoms with Crippen LogP contribution in [0.3, 0.4) is 0 Å². The van der Waals surface area contributed by atoms with Crippen LogP contribution in [0.5, 0.6) is 0 Å². The third-order valence-corrected chi connectivity index (χ3v) is 5.74. The highest BCUT2D eigenvalue weighted by molar-refractivity contribution is 5.28. The Kier molecular flexibility index (Phi) is 3.76. The van der Waals surface area contributed by atoms with Gasteiger partial charge in [-0.15, -0.1) is 0 Å². The fourth-order valence-corrected chi connectivity index (χ4v) is 4.39. The molecule has 1 saturated carbocycles. The van der Waals surface area contributed by atoms with Crippen LogP contribution < -0.4 is 5.32 Å². The molecule has 1 N–H and O–H groups in total. The number of piperidine rings is 2. The van der Waals surface area contributed by atoms with Gasteiger partial charge in [0.05, 0.1) is 0 Å². The lowest BCUT2D eigenvalue weighted by molar-refractivity contribution is 0.0601. The fourth-order valence-electron chi connectivity index (χ4n) is 4.39. The van der Waals surface area contributed by atoms with Crippen LogP contribution in [0.1, 0.15) is 55.6 Å². The standard InChI is InChI=1S/C19H28N2/c1-9-19(14-20-11-1)10-2-12-21(15-19)13-16-3-5-17(6-4-16)18-7-8-18/h3-6,18,20H,1-2,7-15H2. The highest BCUT2D eigenvalue weighted by atomic mass is 15.1. The van der Waals surface area contributed by atoms with Gasteiger partial charge in [0.1, 0.15) is 0 Å². The Morgan fingerprint density at radius 3 is 2.62 bits per heavy atom. The van der Waals surface area contributed by atoms with E-state index in [4.69, 9.17) is 0 Å². The van der Waals surface area contributed by atoms with Gasteiger partial charge in [0.25, 0.3) is 0 Å². The van der Waals surface area contributed by atoms with Crippen molar-refractivity contribution in [1.82, 2.24) is 10.2 Å². The number of hydrogen-bond acceptors (Lipinski definition) is 2. The van der Waals surface area contributed by atoms with Crippen molar-refractivity contribution in [2.24, 2.45) is 5.41 Å². The lowest BCUT2D eigenvalue weighted by atomic mass is 9.74. The summed E-state index contributed by atoms with van der Waals surface area (Å²) >= 11 is 0. The molecule has 0 bridgehead atoms. The van der Waals surface area contributed by atoms with E-state index in [1.807, 2.05) is 0 Å². The average Bonchev–Trinajstić information content (AvgIpc) is 3.34. The summed E-state index contributed by atoms with van der Waals surface area (Å²) in [5, 5.41) is 3.63. The first-order valence-electron chi connectivity index (χ1n) is 8.85. The van der Waals surface area contributed by atoms with Crippen molar-refractivity contribution in [3.8, 4) is 0 Å². The number of nitrogens with zero attached hydrogens (tertiary/aromatic N) is 1. The molecule has 3 fully saturated rings. The molecule has 2 aliphatic heterocycles. The fraction of sp³-hybridized carbons (Fsp3) is 0.684. The van der Waals surface area contributed by atoms with Crippen molar-refractivity contribution in [1.29, 1.82) is 0 Å². The van der Waals surface area contributed by atoms with E-state index in [0.717, 1.165) is 12.5 Å². The summed E-state index contributed by atoms with van der Waals surface area (Å²) in [5.41, 5.74) is 3.63. The van der Waals surface area contributed by atoms with E-state index in [1.54, 1.807) is 5.56 Å². The molecule has 0 amide bonds. The maximum Gasteiger partial charge on any atom is 0.0233 e. The van der Waals surface area contributed by atoms with Crippen molar-refractivity contribution >= 4 is 0 Å². The summed E-state index contributed by atoms with van der Waals surface area (Å²) in [6, 6.07) is 9.48. The van der Waals surface area contributed by atoms with Gasteiger partial charge < -0.3 is 5.32 Å². The Bertz CT molecular complexity index is 463. The normalized spacial score (nSPS) is 30.7. The van der Waals surface area contributed by atoms with Crippen LogP contribution in [-0.4, -0.2) is 31.1 Å². The smallest absolute Gasteiger partial charge is 0.0233 e. The monoisotopic (exact) mass is 284 g/mol. The molecule has 1 atom stereocenters. The predicted molar refractivity (Wildman–Crippen MR) is 87.5 cm³/mol. The van der Waals surface area contributed by atoms with E-state index >= 15 is 0 Å². The van der Waals surface area contributed by atoms with Gasteiger partial charge in [-0.3, -0.25) is 4.90 Å². The first-order chi connectivity index (χ1) is 10.3. The van der Waals surface area contributed by atoms with Crippen molar-refractivity contribution < 1.29 is 0 Å². The van der Waals surface area contributed by atoms with Gasteiger partial charge in [-0.05, 0) is 74.1 Å². The molecular weight excluding hydrogens is 256 g/mol. The third-order valence-electron chi connectivity index (χ3n) is 5.74. The number of rotatable bonds is 3. The van der Waals surface area contributed by atoms with Crippen LogP contribution in [0.4, 0.5) is 0 Å². The van der Waals surface area contributed by atoms with Gasteiger partial charge in [-0.2, -0.15) is 0 Å². The highest BCUT2D eigenvalue weighted by Gasteiger charge is 2.36. The zero-order chi connectivity index (χ0) is 14.1. The molecule has 0 aromatic heterocycles. The summed E-state index contributed by atoms with van der Waals surface area (Å²) in [4.78, 5) is 2.70. The molecule has 114 valence electrons. The van der Waals surface area contributed by atoms with Gasteiger partial charge in [0.2, 0.25) is 0 Å². The number of hydrogen-bond donors (Lipinski definition) is 1. The van der Waals surface area contributed by atoms with Crippen molar-refractivity contribution in [2.45, 2.75) is 51.0 Å². The molecule has 2 saturated heterocycles. The maximum atomic E-state index is 3.63. The summed E-state index contributed by atoms with van der Waals surface area (Å²) in [7, 11) is 0. The largest absolute Gasteiger partial charge is 0.316 e. The summed E-state index contributed by atoms with van der Waals surface area (Å²) in [6.45, 7) is 6.19. The Morgan fingerprint density at radius 2 is 1.90 bits per heavy atom. The van der Waals surface area contributed by atoms with Crippen LogP contribution in [0.15, 0.2) is 24.3 Å². The summed E-state index contributed by atoms with van der Waals surface area (Å²) in [6.07, 6.45) is 8.40. The van der Waals surface area contributed by atoms with Crippen LogP contribution in [0.2, 0.25) is 0 Å². The second-order valence-electron chi connectivity index (χ2n) is 7.61. The lowest BCUT2D eigenvalue weighted by Crippen LogP contribution is -2.50. The topological polar surface area (TPSA) is 15.3 Å². The van der Waals surface area contributed by atoms with E-state index in [1.165, 1.54) is 70.3 Å². The van der Waals surface area contributed by atoms with Crippen LogP contribution in [-0.2, 0) is 6.54 Å². The molecule has 1 spiro atoms. The molecule has 1 aromatic rings. The van der Waals surface area contributed by atoms with E-state index in [0.29, 0.717) is 5.41 Å². The highest BCUT2D eigenvalue weighted by Crippen LogP contribution is 2.40. The number of likely N-dealkylation sites (tertiary alicyclic amines) is 1. The molecule has 2 heterocycles. The first-order valence-corrected chi connectivity index (χ1v) is 8.85. The quantitative estimate of drug-likeness (QED) is 0.913. The Balaban J connectivity index is 1.39. The summed E-state index contributed by atoms with van der Waals surface area (Å²) in [5.74, 6) is 0.880. The molecule has 0 radical (unpaired) electrons. The van der Waals surface area contributed by atoms with Crippen LogP contribution in [0, 0.1) is 5.41 Å². The molecule has 21 heavy (non-hydrogen) atoms. The molecule has 2 heteroatoms. The predicted octanol–water partition coefficient (Wildman–Crippen LogP) is 3.53. The van der Waals surface area contributed by atoms with E-state index in [9.17, 15) is 0 Å². The number of benzene rings is 1. The van der Waals surface area contributed by atoms with Gasteiger partial charge >= 0.3 is 0 Å². The Hall–Kier alpha value is -0.860. The Morgan fingerprint density at radius 1 is 1.10 bits per heavy atom.